The molecule has 1 atom stereocenters. The van der Waals surface area contributed by atoms with Crippen molar-refractivity contribution in [3.05, 3.63) is 130 Å². The number of amidine groups is 1. The van der Waals surface area contributed by atoms with Gasteiger partial charge in [-0.05, 0) is 57.8 Å². The molecule has 2 N–H and O–H groups in total. The van der Waals surface area contributed by atoms with E-state index >= 15 is 0 Å². The lowest BCUT2D eigenvalue weighted by molar-refractivity contribution is -0.121. The largest absolute Gasteiger partial charge is 0.334 e. The van der Waals surface area contributed by atoms with Gasteiger partial charge in [0.25, 0.3) is 0 Å². The molecule has 12 heteroatoms. The maximum Gasteiger partial charge on any atom is 0.226 e. The molecule has 10 nitrogen and oxygen atoms in total. The zero-order valence-corrected chi connectivity index (χ0v) is 28.7. The number of nitrogens with zero attached hydrogens (tertiary/aromatic N) is 7. The zero-order chi connectivity index (χ0) is 34.5. The summed E-state index contributed by atoms with van der Waals surface area (Å²) in [6.45, 7) is 8.59. The van der Waals surface area contributed by atoms with E-state index in [2.05, 4.69) is 31.1 Å². The molecule has 0 saturated heterocycles. The number of aliphatic imine (C=N–C) groups is 1. The number of hydrogen-bond donors (Lipinski definition) is 2. The summed E-state index contributed by atoms with van der Waals surface area (Å²) in [6, 6.07) is 26.8. The highest BCUT2D eigenvalue weighted by Gasteiger charge is 2.26. The highest BCUT2D eigenvalue weighted by atomic mass is 35.5. The van der Waals surface area contributed by atoms with Gasteiger partial charge in [0, 0.05) is 29.8 Å². The number of benzene rings is 3. The summed E-state index contributed by atoms with van der Waals surface area (Å²) in [6.07, 6.45) is 5.79. The number of pyridine rings is 1. The molecule has 0 saturated carbocycles. The molecule has 5 aromatic rings. The third kappa shape index (κ3) is 10.5. The molecule has 2 heterocycles. The number of tetrazole rings is 1. The summed E-state index contributed by atoms with van der Waals surface area (Å²) in [5, 5.41) is 27.5. The Labute approximate surface area is 290 Å². The number of rotatable bonds is 9. The van der Waals surface area contributed by atoms with Crippen molar-refractivity contribution in [2.45, 2.75) is 53.2 Å². The normalized spacial score (nSPS) is 11.9. The Morgan fingerprint density at radius 3 is 2.38 bits per heavy atom. The van der Waals surface area contributed by atoms with Gasteiger partial charge in [-0.2, -0.15) is 5.26 Å². The number of aromatic nitrogens is 5. The minimum atomic E-state index is -0.455. The van der Waals surface area contributed by atoms with Crippen LogP contribution in [0.1, 0.15) is 43.0 Å². The van der Waals surface area contributed by atoms with E-state index in [0.717, 1.165) is 22.3 Å². The van der Waals surface area contributed by atoms with E-state index in [-0.39, 0.29) is 11.3 Å². The lowest BCUT2D eigenvalue weighted by atomic mass is 9.92. The van der Waals surface area contributed by atoms with E-state index in [9.17, 15) is 4.79 Å². The van der Waals surface area contributed by atoms with Crippen molar-refractivity contribution in [2.24, 2.45) is 10.4 Å². The third-order valence-electron chi connectivity index (χ3n) is 7.21. The monoisotopic (exact) mass is 681 g/mol. The molecular formula is C36H37Cl2N9O. The van der Waals surface area contributed by atoms with E-state index < -0.39 is 6.17 Å². The number of aryl methyl sites for hydroxylation is 1. The van der Waals surface area contributed by atoms with Gasteiger partial charge in [0.1, 0.15) is 12.0 Å². The molecule has 1 unspecified atom stereocenters. The average molecular weight is 683 g/mol. The Hall–Kier alpha value is -5.11. The first-order valence-electron chi connectivity index (χ1n) is 15.2. The first-order chi connectivity index (χ1) is 23.0. The van der Waals surface area contributed by atoms with Crippen LogP contribution >= 0.6 is 23.2 Å². The Morgan fingerprint density at radius 2 is 1.69 bits per heavy atom. The zero-order valence-electron chi connectivity index (χ0n) is 27.2. The van der Waals surface area contributed by atoms with Gasteiger partial charge in [-0.15, -0.1) is 5.10 Å². The van der Waals surface area contributed by atoms with Gasteiger partial charge in [0.05, 0.1) is 23.0 Å². The molecule has 48 heavy (non-hydrogen) atoms. The summed E-state index contributed by atoms with van der Waals surface area (Å²) in [7, 11) is 0. The van der Waals surface area contributed by atoms with Crippen LogP contribution in [0.15, 0.2) is 102 Å². The minimum absolute atomic E-state index is 0.0953. The molecule has 1 amide bonds. The third-order valence-corrected chi connectivity index (χ3v) is 8.03. The van der Waals surface area contributed by atoms with Gasteiger partial charge in [-0.25, -0.2) is 9.67 Å². The number of carbonyl (C=O) groups is 1. The Bertz CT molecular complexity index is 1860. The predicted octanol–water partition coefficient (Wildman–Crippen LogP) is 6.83. The first kappa shape index (κ1) is 35.7. The summed E-state index contributed by atoms with van der Waals surface area (Å²) in [5.74, 6) is 1.01. The van der Waals surface area contributed by atoms with Gasteiger partial charge in [-0.1, -0.05) is 111 Å². The maximum absolute atomic E-state index is 12.6. The van der Waals surface area contributed by atoms with Crippen LogP contribution in [-0.2, 0) is 24.2 Å². The minimum Gasteiger partial charge on any atom is -0.334 e. The summed E-state index contributed by atoms with van der Waals surface area (Å²) in [4.78, 5) is 21.3. The van der Waals surface area contributed by atoms with Gasteiger partial charge in [-0.3, -0.25) is 15.1 Å². The molecule has 0 aliphatic rings. The molecule has 246 valence electrons. The quantitative estimate of drug-likeness (QED) is 0.0754. The molecule has 0 fully saturated rings. The second-order valence-electron chi connectivity index (χ2n) is 12.0. The van der Waals surface area contributed by atoms with Crippen molar-refractivity contribution in [3.63, 3.8) is 0 Å². The number of halogens is 2. The fraction of sp³-hybridized carbons (Fsp3) is 0.250. The number of carbonyl (C=O) groups excluding carboxylic acids is 1. The van der Waals surface area contributed by atoms with Crippen LogP contribution in [0.4, 0.5) is 0 Å². The van der Waals surface area contributed by atoms with Crippen LogP contribution in [0.5, 0.6) is 0 Å². The van der Waals surface area contributed by atoms with Crippen LogP contribution < -0.4 is 10.6 Å². The molecular weight excluding hydrogens is 645 g/mol. The standard InChI is InChI=1S/C23H28N4O.C13H9Cl2N5/c1-17-10-8-9-13-19(17)15-20(25-16-24)26-22(23(2,3)4)27-21(28)14-18-11-6-5-7-12-18;14-11-5-1-4-10(12(11)15)13-17-18-19-20(13)8-9-3-2-6-16-7-9/h5-13,22H,14-15H2,1-4H3,(H,25,26)(H,27,28);1-7H,8H2. The topological polar surface area (TPSA) is 134 Å². The lowest BCUT2D eigenvalue weighted by Crippen LogP contribution is -2.44. The molecule has 0 bridgehead atoms. The molecule has 0 aliphatic heterocycles. The summed E-state index contributed by atoms with van der Waals surface area (Å²) in [5.41, 5.74) is 4.57. The maximum atomic E-state index is 12.6. The molecule has 0 spiro atoms. The van der Waals surface area contributed by atoms with E-state index in [4.69, 9.17) is 33.5 Å². The SMILES string of the molecule is Cc1ccccc1CC(=NC(NC(=O)Cc1ccccc1)C(C)(C)C)NC#N.Clc1cccc(-c2nnnn2Cc2cccnc2)c1Cl. The number of hydrogen-bond acceptors (Lipinski definition) is 7. The van der Waals surface area contributed by atoms with Crippen molar-refractivity contribution in [1.82, 2.24) is 35.8 Å². The highest BCUT2D eigenvalue weighted by molar-refractivity contribution is 6.43. The fourth-order valence-electron chi connectivity index (χ4n) is 4.60. The molecule has 5 rings (SSSR count). The van der Waals surface area contributed by atoms with Crippen molar-refractivity contribution in [1.29, 1.82) is 5.26 Å². The highest BCUT2D eigenvalue weighted by Crippen LogP contribution is 2.32. The molecule has 0 radical (unpaired) electrons. The Morgan fingerprint density at radius 1 is 0.958 bits per heavy atom. The van der Waals surface area contributed by atoms with Crippen LogP contribution in [0.25, 0.3) is 11.4 Å². The van der Waals surface area contributed by atoms with Crippen molar-refractivity contribution in [2.75, 3.05) is 0 Å². The van der Waals surface area contributed by atoms with Crippen LogP contribution in [-0.4, -0.2) is 43.1 Å². The van der Waals surface area contributed by atoms with E-state index in [1.807, 2.05) is 113 Å². The van der Waals surface area contributed by atoms with Gasteiger partial charge in [0.15, 0.2) is 12.0 Å². The molecule has 3 aromatic carbocycles. The number of nitrogens with one attached hydrogen (secondary N) is 2. The van der Waals surface area contributed by atoms with Gasteiger partial charge >= 0.3 is 0 Å². The van der Waals surface area contributed by atoms with Crippen molar-refractivity contribution >= 4 is 34.9 Å². The van der Waals surface area contributed by atoms with Gasteiger partial charge in [0.2, 0.25) is 5.91 Å². The van der Waals surface area contributed by atoms with Crippen molar-refractivity contribution < 1.29 is 4.79 Å². The van der Waals surface area contributed by atoms with Crippen molar-refractivity contribution in [3.8, 4) is 17.6 Å². The van der Waals surface area contributed by atoms with Crippen LogP contribution in [0, 0.1) is 23.8 Å². The average Bonchev–Trinajstić information content (AvgIpc) is 3.51. The lowest BCUT2D eigenvalue weighted by Gasteiger charge is -2.29. The van der Waals surface area contributed by atoms with E-state index in [0.29, 0.717) is 46.7 Å². The van der Waals surface area contributed by atoms with Gasteiger partial charge < -0.3 is 5.32 Å². The summed E-state index contributed by atoms with van der Waals surface area (Å²) < 4.78 is 1.66. The Kier molecular flexibility index (Phi) is 12.8. The number of nitriles is 1. The number of amides is 1. The van der Waals surface area contributed by atoms with Crippen LogP contribution in [0.3, 0.4) is 0 Å². The second kappa shape index (κ2) is 17.2. The Balaban J connectivity index is 0.000000228. The predicted molar refractivity (Wildman–Crippen MR) is 189 cm³/mol. The fourth-order valence-corrected chi connectivity index (χ4v) is 4.99. The van der Waals surface area contributed by atoms with Crippen LogP contribution in [0.2, 0.25) is 10.0 Å². The first-order valence-corrected chi connectivity index (χ1v) is 16.0. The van der Waals surface area contributed by atoms with E-state index in [1.165, 1.54) is 0 Å². The molecule has 0 aliphatic carbocycles. The second-order valence-corrected chi connectivity index (χ2v) is 12.8. The smallest absolute Gasteiger partial charge is 0.226 e. The molecule has 2 aromatic heterocycles. The summed E-state index contributed by atoms with van der Waals surface area (Å²) >= 11 is 12.2. The van der Waals surface area contributed by atoms with E-state index in [1.54, 1.807) is 23.1 Å².